The fourth-order valence-corrected chi connectivity index (χ4v) is 4.84. The zero-order valence-corrected chi connectivity index (χ0v) is 15.9. The third-order valence-corrected chi connectivity index (χ3v) is 6.49. The number of aromatic nitrogens is 1. The molecule has 0 aliphatic carbocycles. The molecular weight excluding hydrogens is 342 g/mol. The van der Waals surface area contributed by atoms with E-state index in [1.165, 1.54) is 18.4 Å². The van der Waals surface area contributed by atoms with Crippen molar-refractivity contribution in [3.8, 4) is 0 Å². The number of amides is 1. The molecule has 1 aromatic heterocycles. The Morgan fingerprint density at radius 2 is 2.12 bits per heavy atom. The van der Waals surface area contributed by atoms with Gasteiger partial charge in [0.15, 0.2) is 0 Å². The van der Waals surface area contributed by atoms with E-state index in [-0.39, 0.29) is 11.9 Å². The summed E-state index contributed by atoms with van der Waals surface area (Å²) < 4.78 is 0. The van der Waals surface area contributed by atoms with Crippen LogP contribution in [0, 0.1) is 5.92 Å². The van der Waals surface area contributed by atoms with E-state index in [1.807, 2.05) is 49.0 Å². The fourth-order valence-electron chi connectivity index (χ4n) is 4.38. The Hall–Kier alpha value is -1.85. The number of pyridine rings is 1. The van der Waals surface area contributed by atoms with Crippen molar-refractivity contribution in [3.63, 3.8) is 0 Å². The molecule has 0 radical (unpaired) electrons. The molecule has 0 saturated carbocycles. The maximum Gasteiger partial charge on any atom is 0.251 e. The largest absolute Gasteiger partial charge is 0.347 e. The van der Waals surface area contributed by atoms with Gasteiger partial charge in [0.2, 0.25) is 0 Å². The third kappa shape index (κ3) is 3.64. The smallest absolute Gasteiger partial charge is 0.251 e. The van der Waals surface area contributed by atoms with Crippen LogP contribution >= 0.6 is 11.8 Å². The molecule has 5 heteroatoms. The van der Waals surface area contributed by atoms with Crippen LogP contribution in [0.2, 0.25) is 0 Å². The number of carbonyl (C=O) groups is 1. The monoisotopic (exact) mass is 367 g/mol. The van der Waals surface area contributed by atoms with Crippen molar-refractivity contribution in [2.45, 2.75) is 36.2 Å². The Kier molecular flexibility index (Phi) is 5.27. The summed E-state index contributed by atoms with van der Waals surface area (Å²) in [6.07, 6.45) is 9.10. The average Bonchev–Trinajstić information content (AvgIpc) is 2.71. The summed E-state index contributed by atoms with van der Waals surface area (Å²) in [5.41, 5.74) is 2.00. The van der Waals surface area contributed by atoms with E-state index in [1.54, 1.807) is 11.8 Å². The van der Waals surface area contributed by atoms with E-state index >= 15 is 0 Å². The second-order valence-corrected chi connectivity index (χ2v) is 8.12. The minimum atomic E-state index is 0.0517. The zero-order valence-electron chi connectivity index (χ0n) is 15.1. The minimum Gasteiger partial charge on any atom is -0.347 e. The van der Waals surface area contributed by atoms with Crippen LogP contribution in [0.1, 0.15) is 28.8 Å². The summed E-state index contributed by atoms with van der Waals surface area (Å²) in [4.78, 5) is 20.8. The van der Waals surface area contributed by atoms with E-state index in [2.05, 4.69) is 21.3 Å². The lowest BCUT2D eigenvalue weighted by molar-refractivity contribution is 0.0136. The average molecular weight is 368 g/mol. The molecule has 0 unspecified atom stereocenters. The van der Waals surface area contributed by atoms with Crippen LogP contribution in [0.5, 0.6) is 0 Å². The van der Waals surface area contributed by atoms with Gasteiger partial charge in [-0.2, -0.15) is 0 Å². The van der Waals surface area contributed by atoms with Crippen molar-refractivity contribution in [2.24, 2.45) is 5.92 Å². The highest BCUT2D eigenvalue weighted by molar-refractivity contribution is 7.98. The number of hydrogen-bond donors (Lipinski definition) is 1. The minimum absolute atomic E-state index is 0.0517. The van der Waals surface area contributed by atoms with Crippen molar-refractivity contribution in [2.75, 3.05) is 19.3 Å². The number of carbonyl (C=O) groups excluding carboxylic acids is 1. The summed E-state index contributed by atoms with van der Waals surface area (Å²) in [7, 11) is 0. The molecule has 26 heavy (non-hydrogen) atoms. The van der Waals surface area contributed by atoms with Crippen LogP contribution in [0.15, 0.2) is 53.7 Å². The van der Waals surface area contributed by atoms with E-state index in [4.69, 9.17) is 0 Å². The molecule has 2 atom stereocenters. The van der Waals surface area contributed by atoms with Crippen molar-refractivity contribution >= 4 is 17.7 Å². The molecule has 1 amide bonds. The van der Waals surface area contributed by atoms with Gasteiger partial charge >= 0.3 is 0 Å². The number of piperidine rings is 3. The molecule has 1 aromatic carbocycles. The number of nitrogens with one attached hydrogen (secondary N) is 1. The number of benzene rings is 1. The van der Waals surface area contributed by atoms with Gasteiger partial charge in [-0.05, 0) is 74.4 Å². The predicted octanol–water partition coefficient (Wildman–Crippen LogP) is 3.24. The number of thioether (sulfide) groups is 1. The Balaban J connectivity index is 1.53. The first-order chi connectivity index (χ1) is 12.7. The lowest BCUT2D eigenvalue weighted by Gasteiger charge is -2.51. The van der Waals surface area contributed by atoms with Crippen LogP contribution in [-0.4, -0.2) is 47.2 Å². The first-order valence-electron chi connectivity index (χ1n) is 9.32. The van der Waals surface area contributed by atoms with Gasteiger partial charge in [-0.3, -0.25) is 14.7 Å². The van der Waals surface area contributed by atoms with E-state index in [0.29, 0.717) is 12.0 Å². The Labute approximate surface area is 159 Å². The van der Waals surface area contributed by atoms with Gasteiger partial charge in [-0.15, -0.1) is 11.8 Å². The quantitative estimate of drug-likeness (QED) is 0.824. The zero-order chi connectivity index (χ0) is 17.9. The summed E-state index contributed by atoms with van der Waals surface area (Å²) in [6.45, 7) is 2.29. The highest BCUT2D eigenvalue weighted by Gasteiger charge is 2.42. The molecule has 5 rings (SSSR count). The Morgan fingerprint density at radius 3 is 2.85 bits per heavy atom. The molecule has 4 heterocycles. The van der Waals surface area contributed by atoms with E-state index in [0.717, 1.165) is 30.0 Å². The molecule has 136 valence electrons. The second-order valence-electron chi connectivity index (χ2n) is 7.24. The molecule has 1 N–H and O–H groups in total. The highest BCUT2D eigenvalue weighted by atomic mass is 32.2. The molecule has 3 fully saturated rings. The van der Waals surface area contributed by atoms with Gasteiger partial charge in [-0.25, -0.2) is 0 Å². The van der Waals surface area contributed by atoms with Gasteiger partial charge in [0.25, 0.3) is 5.91 Å². The molecule has 2 aromatic rings. The first kappa shape index (κ1) is 17.6. The maximum absolute atomic E-state index is 12.9. The molecular formula is C21H25N3OS. The molecule has 4 nitrogen and oxygen atoms in total. The van der Waals surface area contributed by atoms with E-state index < -0.39 is 0 Å². The van der Waals surface area contributed by atoms with Crippen molar-refractivity contribution < 1.29 is 4.79 Å². The third-order valence-electron chi connectivity index (χ3n) is 5.76. The summed E-state index contributed by atoms with van der Waals surface area (Å²) >= 11 is 1.67. The Bertz CT molecular complexity index is 759. The predicted molar refractivity (Wildman–Crippen MR) is 106 cm³/mol. The fraction of sp³-hybridized carbons (Fsp3) is 0.429. The summed E-state index contributed by atoms with van der Waals surface area (Å²) in [5.74, 6) is 0.630. The summed E-state index contributed by atoms with van der Waals surface area (Å²) in [6, 6.07) is 12.6. The lowest BCUT2D eigenvalue weighted by Crippen LogP contribution is -2.64. The van der Waals surface area contributed by atoms with Gasteiger partial charge < -0.3 is 5.32 Å². The van der Waals surface area contributed by atoms with Gasteiger partial charge in [-0.1, -0.05) is 12.1 Å². The van der Waals surface area contributed by atoms with Crippen LogP contribution < -0.4 is 5.32 Å². The first-order valence-corrected chi connectivity index (χ1v) is 10.5. The van der Waals surface area contributed by atoms with Crippen LogP contribution in [-0.2, 0) is 6.42 Å². The normalized spacial score (nSPS) is 27.3. The summed E-state index contributed by atoms with van der Waals surface area (Å²) in [5, 5.41) is 3.38. The molecule has 3 saturated heterocycles. The number of rotatable bonds is 5. The van der Waals surface area contributed by atoms with Crippen LogP contribution in [0.3, 0.4) is 0 Å². The topological polar surface area (TPSA) is 45.2 Å². The number of hydrogen-bond acceptors (Lipinski definition) is 4. The molecule has 3 aliphatic rings. The SMILES string of the molecule is CSc1cccc(C(=O)N[C@H]2C3CCN(CC3)[C@@H]2Cc2cccnc2)c1. The molecule has 3 aliphatic heterocycles. The van der Waals surface area contributed by atoms with Crippen LogP contribution in [0.4, 0.5) is 0 Å². The number of fused-ring (bicyclic) bond motifs is 3. The van der Waals surface area contributed by atoms with Crippen molar-refractivity contribution in [1.82, 2.24) is 15.2 Å². The van der Waals surface area contributed by atoms with Crippen molar-refractivity contribution in [3.05, 3.63) is 59.9 Å². The van der Waals surface area contributed by atoms with Crippen molar-refractivity contribution in [1.29, 1.82) is 0 Å². The highest BCUT2D eigenvalue weighted by Crippen LogP contribution is 2.34. The lowest BCUT2D eigenvalue weighted by atomic mass is 9.76. The molecule has 2 bridgehead atoms. The van der Waals surface area contributed by atoms with Crippen LogP contribution in [0.25, 0.3) is 0 Å². The van der Waals surface area contributed by atoms with Gasteiger partial charge in [0, 0.05) is 34.9 Å². The Morgan fingerprint density at radius 1 is 1.27 bits per heavy atom. The number of nitrogens with zero attached hydrogens (tertiary/aromatic N) is 2. The van der Waals surface area contributed by atoms with Gasteiger partial charge in [0.1, 0.15) is 0 Å². The molecule has 0 spiro atoms. The second kappa shape index (κ2) is 7.80. The van der Waals surface area contributed by atoms with Gasteiger partial charge in [0.05, 0.1) is 0 Å². The maximum atomic E-state index is 12.9. The van der Waals surface area contributed by atoms with E-state index in [9.17, 15) is 4.79 Å². The standard InChI is InChI=1S/C21H25N3OS/c1-26-18-6-2-5-17(13-18)21(25)23-20-16-7-10-24(11-8-16)19(20)12-15-4-3-9-22-14-15/h2-6,9,13-14,16,19-20H,7-8,10-12H2,1H3,(H,23,25)/t19-,20+/m1/s1.